The van der Waals surface area contributed by atoms with Crippen molar-refractivity contribution in [2.45, 2.75) is 64.5 Å². The minimum absolute atomic E-state index is 0.622. The SMILES string of the molecule is CCCC1CCCC(Nc2cnn(CCOC)c2)CC1. The van der Waals surface area contributed by atoms with Gasteiger partial charge < -0.3 is 10.1 Å². The van der Waals surface area contributed by atoms with Crippen molar-refractivity contribution in [3.05, 3.63) is 12.4 Å². The molecule has 0 radical (unpaired) electrons. The van der Waals surface area contributed by atoms with E-state index in [0.29, 0.717) is 12.6 Å². The first-order chi connectivity index (χ1) is 9.81. The number of nitrogens with zero attached hydrogens (tertiary/aromatic N) is 2. The Bertz CT molecular complexity index is 378. The van der Waals surface area contributed by atoms with Gasteiger partial charge in [-0.2, -0.15) is 5.10 Å². The summed E-state index contributed by atoms with van der Waals surface area (Å²) in [5, 5.41) is 8.02. The van der Waals surface area contributed by atoms with Crippen LogP contribution in [0.2, 0.25) is 0 Å². The third-order valence-electron chi connectivity index (χ3n) is 4.31. The summed E-state index contributed by atoms with van der Waals surface area (Å²) in [6, 6.07) is 0.622. The number of nitrogens with one attached hydrogen (secondary N) is 1. The topological polar surface area (TPSA) is 39.1 Å². The zero-order chi connectivity index (χ0) is 14.2. The van der Waals surface area contributed by atoms with Gasteiger partial charge in [-0.3, -0.25) is 4.68 Å². The van der Waals surface area contributed by atoms with Crippen molar-refractivity contribution in [1.82, 2.24) is 9.78 Å². The molecule has 0 aliphatic heterocycles. The molecule has 1 aliphatic rings. The molecule has 114 valence electrons. The van der Waals surface area contributed by atoms with Crippen LogP contribution in [0.1, 0.15) is 51.9 Å². The summed E-state index contributed by atoms with van der Waals surface area (Å²) in [7, 11) is 1.72. The molecule has 20 heavy (non-hydrogen) atoms. The van der Waals surface area contributed by atoms with Crippen LogP contribution in [0.5, 0.6) is 0 Å². The molecule has 1 saturated carbocycles. The fraction of sp³-hybridized carbons (Fsp3) is 0.812. The Morgan fingerprint density at radius 2 is 2.25 bits per heavy atom. The highest BCUT2D eigenvalue weighted by Gasteiger charge is 2.18. The molecule has 1 fully saturated rings. The van der Waals surface area contributed by atoms with Gasteiger partial charge in [-0.15, -0.1) is 0 Å². The van der Waals surface area contributed by atoms with E-state index in [0.717, 1.165) is 18.2 Å². The van der Waals surface area contributed by atoms with Crippen molar-refractivity contribution in [3.8, 4) is 0 Å². The molecule has 0 aromatic carbocycles. The highest BCUT2D eigenvalue weighted by molar-refractivity contribution is 5.39. The molecule has 2 unspecified atom stereocenters. The molecule has 2 rings (SSSR count). The zero-order valence-electron chi connectivity index (χ0n) is 13.0. The van der Waals surface area contributed by atoms with E-state index in [1.165, 1.54) is 44.9 Å². The molecule has 0 amide bonds. The van der Waals surface area contributed by atoms with Crippen LogP contribution in [0.15, 0.2) is 12.4 Å². The zero-order valence-corrected chi connectivity index (χ0v) is 13.0. The number of aromatic nitrogens is 2. The Balaban J connectivity index is 1.79. The Hall–Kier alpha value is -1.03. The molecule has 0 bridgehead atoms. The smallest absolute Gasteiger partial charge is 0.0728 e. The van der Waals surface area contributed by atoms with Crippen molar-refractivity contribution in [2.24, 2.45) is 5.92 Å². The van der Waals surface area contributed by atoms with E-state index in [4.69, 9.17) is 4.74 Å². The molecule has 0 spiro atoms. The second kappa shape index (κ2) is 8.30. The van der Waals surface area contributed by atoms with Gasteiger partial charge >= 0.3 is 0 Å². The molecular weight excluding hydrogens is 250 g/mol. The molecule has 1 heterocycles. The fourth-order valence-electron chi connectivity index (χ4n) is 3.20. The van der Waals surface area contributed by atoms with Crippen LogP contribution in [0.4, 0.5) is 5.69 Å². The van der Waals surface area contributed by atoms with E-state index < -0.39 is 0 Å². The van der Waals surface area contributed by atoms with E-state index in [1.54, 1.807) is 7.11 Å². The van der Waals surface area contributed by atoms with Crippen LogP contribution in [-0.2, 0) is 11.3 Å². The lowest BCUT2D eigenvalue weighted by molar-refractivity contribution is 0.183. The van der Waals surface area contributed by atoms with Gasteiger partial charge in [0.1, 0.15) is 0 Å². The van der Waals surface area contributed by atoms with Gasteiger partial charge in [-0.25, -0.2) is 0 Å². The predicted molar refractivity (Wildman–Crippen MR) is 83.0 cm³/mol. The number of rotatable bonds is 7. The van der Waals surface area contributed by atoms with E-state index in [-0.39, 0.29) is 0 Å². The molecule has 1 aliphatic carbocycles. The van der Waals surface area contributed by atoms with E-state index >= 15 is 0 Å². The first-order valence-corrected chi connectivity index (χ1v) is 8.09. The van der Waals surface area contributed by atoms with E-state index in [1.807, 2.05) is 10.9 Å². The maximum Gasteiger partial charge on any atom is 0.0728 e. The lowest BCUT2D eigenvalue weighted by Crippen LogP contribution is -2.18. The monoisotopic (exact) mass is 279 g/mol. The second-order valence-corrected chi connectivity index (χ2v) is 5.99. The van der Waals surface area contributed by atoms with Crippen molar-refractivity contribution in [3.63, 3.8) is 0 Å². The summed E-state index contributed by atoms with van der Waals surface area (Å²) in [6.07, 6.45) is 13.5. The highest BCUT2D eigenvalue weighted by atomic mass is 16.5. The van der Waals surface area contributed by atoms with Crippen LogP contribution in [-0.4, -0.2) is 29.5 Å². The molecule has 1 aromatic heterocycles. The van der Waals surface area contributed by atoms with Gasteiger partial charge in [0, 0.05) is 19.3 Å². The molecule has 2 atom stereocenters. The summed E-state index contributed by atoms with van der Waals surface area (Å²) in [5.41, 5.74) is 1.15. The van der Waals surface area contributed by atoms with Gasteiger partial charge in [0.2, 0.25) is 0 Å². The Kier molecular flexibility index (Phi) is 6.37. The molecular formula is C16H29N3O. The molecule has 1 N–H and O–H groups in total. The summed E-state index contributed by atoms with van der Waals surface area (Å²) in [5.74, 6) is 0.955. The fourth-order valence-corrected chi connectivity index (χ4v) is 3.20. The minimum Gasteiger partial charge on any atom is -0.383 e. The van der Waals surface area contributed by atoms with Crippen LogP contribution < -0.4 is 5.32 Å². The summed E-state index contributed by atoms with van der Waals surface area (Å²) < 4.78 is 7.02. The van der Waals surface area contributed by atoms with Gasteiger partial charge in [0.15, 0.2) is 0 Å². The molecule has 4 heteroatoms. The maximum absolute atomic E-state index is 5.08. The summed E-state index contributed by atoms with van der Waals surface area (Å²) in [6.45, 7) is 3.83. The van der Waals surface area contributed by atoms with Crippen molar-refractivity contribution >= 4 is 5.69 Å². The minimum atomic E-state index is 0.622. The van der Waals surface area contributed by atoms with Gasteiger partial charge in [-0.1, -0.05) is 32.6 Å². The number of anilines is 1. The number of ether oxygens (including phenoxy) is 1. The second-order valence-electron chi connectivity index (χ2n) is 5.99. The average Bonchev–Trinajstić information content (AvgIpc) is 2.77. The number of hydrogen-bond acceptors (Lipinski definition) is 3. The maximum atomic E-state index is 5.08. The molecule has 0 saturated heterocycles. The van der Waals surface area contributed by atoms with Crippen LogP contribution in [0.25, 0.3) is 0 Å². The normalized spacial score (nSPS) is 23.5. The highest BCUT2D eigenvalue weighted by Crippen LogP contribution is 2.28. The quantitative estimate of drug-likeness (QED) is 0.774. The van der Waals surface area contributed by atoms with E-state index in [2.05, 4.69) is 23.5 Å². The van der Waals surface area contributed by atoms with Gasteiger partial charge in [-0.05, 0) is 25.2 Å². The lowest BCUT2D eigenvalue weighted by Gasteiger charge is -2.16. The van der Waals surface area contributed by atoms with Gasteiger partial charge in [0.25, 0.3) is 0 Å². The summed E-state index contributed by atoms with van der Waals surface area (Å²) in [4.78, 5) is 0. The largest absolute Gasteiger partial charge is 0.383 e. The Labute approximate surface area is 122 Å². The molecule has 4 nitrogen and oxygen atoms in total. The predicted octanol–water partition coefficient (Wildman–Crippen LogP) is 3.69. The number of methoxy groups -OCH3 is 1. The third kappa shape index (κ3) is 4.82. The van der Waals surface area contributed by atoms with Crippen LogP contribution in [0.3, 0.4) is 0 Å². The van der Waals surface area contributed by atoms with Crippen molar-refractivity contribution < 1.29 is 4.74 Å². The lowest BCUT2D eigenvalue weighted by atomic mass is 9.95. The molecule has 1 aromatic rings. The van der Waals surface area contributed by atoms with Crippen LogP contribution in [0, 0.1) is 5.92 Å². The van der Waals surface area contributed by atoms with Crippen molar-refractivity contribution in [2.75, 3.05) is 19.0 Å². The standard InChI is InChI=1S/C16H29N3O/c1-3-5-14-6-4-7-15(9-8-14)18-16-12-17-19(13-16)10-11-20-2/h12-15,18H,3-11H2,1-2H3. The Morgan fingerprint density at radius 3 is 3.05 bits per heavy atom. The Morgan fingerprint density at radius 1 is 1.35 bits per heavy atom. The van der Waals surface area contributed by atoms with Gasteiger partial charge in [0.05, 0.1) is 25.0 Å². The third-order valence-corrected chi connectivity index (χ3v) is 4.31. The average molecular weight is 279 g/mol. The number of hydrogen-bond donors (Lipinski definition) is 1. The van der Waals surface area contributed by atoms with Crippen LogP contribution >= 0.6 is 0 Å². The first-order valence-electron chi connectivity index (χ1n) is 8.09. The van der Waals surface area contributed by atoms with E-state index in [9.17, 15) is 0 Å². The first kappa shape index (κ1) is 15.4. The summed E-state index contributed by atoms with van der Waals surface area (Å²) >= 11 is 0. The van der Waals surface area contributed by atoms with Crippen molar-refractivity contribution in [1.29, 1.82) is 0 Å².